The van der Waals surface area contributed by atoms with Crippen molar-refractivity contribution in [1.82, 2.24) is 0 Å². The number of carbonyl (C=O) groups is 1. The van der Waals surface area contributed by atoms with E-state index in [1.54, 1.807) is 0 Å². The van der Waals surface area contributed by atoms with Crippen LogP contribution in [0, 0.1) is 0 Å². The lowest BCUT2D eigenvalue weighted by Crippen LogP contribution is -2.03. The van der Waals surface area contributed by atoms with Crippen LogP contribution >= 0.6 is 35.3 Å². The zero-order chi connectivity index (χ0) is 9.52. The average molecular weight is 238 g/mol. The summed E-state index contributed by atoms with van der Waals surface area (Å²) in [7, 11) is 0. The van der Waals surface area contributed by atoms with Crippen molar-refractivity contribution in [1.29, 1.82) is 0 Å². The first-order valence-electron chi connectivity index (χ1n) is 4.32. The number of carboxylic acid groups (broad SMARTS) is 1. The van der Waals surface area contributed by atoms with E-state index in [0.717, 1.165) is 17.4 Å². The summed E-state index contributed by atoms with van der Waals surface area (Å²) in [5.74, 6) is -0.667. The van der Waals surface area contributed by atoms with Gasteiger partial charge in [-0.3, -0.25) is 4.79 Å². The Morgan fingerprint density at radius 2 is 2.00 bits per heavy atom. The molecule has 0 aromatic rings. The molecule has 0 aliphatic carbocycles. The average Bonchev–Trinajstić information content (AvgIpc) is 2.14. The van der Waals surface area contributed by atoms with Crippen LogP contribution < -0.4 is 0 Å². The second kappa shape index (κ2) is 6.90. The maximum Gasteiger partial charge on any atom is 0.303 e. The molecule has 13 heavy (non-hydrogen) atoms. The van der Waals surface area contributed by atoms with Crippen molar-refractivity contribution in [2.45, 2.75) is 30.3 Å². The summed E-state index contributed by atoms with van der Waals surface area (Å²) in [6.45, 7) is 0. The largest absolute Gasteiger partial charge is 0.481 e. The van der Waals surface area contributed by atoms with Crippen LogP contribution in [0.5, 0.6) is 0 Å². The summed E-state index contributed by atoms with van der Waals surface area (Å²) in [5, 5.41) is 10.8. The molecule has 0 aromatic carbocycles. The SMILES string of the molecule is O=C(O)CCCCC1SCSCS1. The van der Waals surface area contributed by atoms with Gasteiger partial charge in [0.1, 0.15) is 0 Å². The number of rotatable bonds is 5. The molecule has 5 heteroatoms. The molecule has 1 rings (SSSR count). The van der Waals surface area contributed by atoms with Crippen LogP contribution in [0.25, 0.3) is 0 Å². The summed E-state index contributed by atoms with van der Waals surface area (Å²) in [5.41, 5.74) is 0. The molecule has 0 radical (unpaired) electrons. The summed E-state index contributed by atoms with van der Waals surface area (Å²) in [6.07, 6.45) is 3.39. The fourth-order valence-electron chi connectivity index (χ4n) is 1.08. The van der Waals surface area contributed by atoms with Crippen LogP contribution in [0.3, 0.4) is 0 Å². The van der Waals surface area contributed by atoms with Gasteiger partial charge in [-0.1, -0.05) is 6.42 Å². The number of thioether (sulfide) groups is 3. The van der Waals surface area contributed by atoms with E-state index in [0.29, 0.717) is 6.42 Å². The molecule has 1 aliphatic rings. The van der Waals surface area contributed by atoms with Crippen molar-refractivity contribution in [3.05, 3.63) is 0 Å². The van der Waals surface area contributed by atoms with Crippen LogP contribution in [0.2, 0.25) is 0 Å². The van der Waals surface area contributed by atoms with E-state index < -0.39 is 5.97 Å². The Morgan fingerprint density at radius 3 is 2.62 bits per heavy atom. The van der Waals surface area contributed by atoms with E-state index in [9.17, 15) is 4.79 Å². The lowest BCUT2D eigenvalue weighted by molar-refractivity contribution is -0.137. The molecule has 0 spiro atoms. The monoisotopic (exact) mass is 238 g/mol. The Balaban J connectivity index is 1.95. The molecule has 1 heterocycles. The van der Waals surface area contributed by atoms with Gasteiger partial charge in [-0.15, -0.1) is 35.3 Å². The summed E-state index contributed by atoms with van der Waals surface area (Å²) in [4.78, 5) is 10.2. The van der Waals surface area contributed by atoms with Crippen molar-refractivity contribution in [2.75, 3.05) is 10.2 Å². The highest BCUT2D eigenvalue weighted by Crippen LogP contribution is 2.38. The van der Waals surface area contributed by atoms with Crippen LogP contribution in [0.4, 0.5) is 0 Å². The first kappa shape index (κ1) is 11.6. The summed E-state index contributed by atoms with van der Waals surface area (Å²) >= 11 is 5.98. The van der Waals surface area contributed by atoms with E-state index in [4.69, 9.17) is 5.11 Å². The Labute approximate surface area is 91.6 Å². The van der Waals surface area contributed by atoms with E-state index in [1.165, 1.54) is 16.6 Å². The van der Waals surface area contributed by atoms with Gasteiger partial charge in [0.15, 0.2) is 0 Å². The minimum absolute atomic E-state index is 0.330. The van der Waals surface area contributed by atoms with Crippen LogP contribution in [-0.2, 0) is 4.79 Å². The molecule has 1 saturated heterocycles. The molecule has 1 N–H and O–H groups in total. The second-order valence-electron chi connectivity index (χ2n) is 2.84. The lowest BCUT2D eigenvalue weighted by Gasteiger charge is -2.19. The molecule has 2 nitrogen and oxygen atoms in total. The number of unbranched alkanes of at least 4 members (excludes halogenated alkanes) is 1. The standard InChI is InChI=1S/C8H14O2S3/c9-7(10)3-1-2-4-8-12-5-11-6-13-8/h8H,1-6H2,(H,9,10). The maximum absolute atomic E-state index is 10.2. The molecule has 0 bridgehead atoms. The normalized spacial score (nSPS) is 18.8. The van der Waals surface area contributed by atoms with Crippen LogP contribution in [-0.4, -0.2) is 25.8 Å². The van der Waals surface area contributed by atoms with Gasteiger partial charge in [0.05, 0.1) is 4.58 Å². The minimum atomic E-state index is -0.667. The fourth-order valence-corrected chi connectivity index (χ4v) is 6.00. The van der Waals surface area contributed by atoms with Gasteiger partial charge in [0, 0.05) is 16.6 Å². The molecule has 76 valence electrons. The lowest BCUT2D eigenvalue weighted by atomic mass is 10.2. The predicted octanol–water partition coefficient (Wildman–Crippen LogP) is 3.09. The topological polar surface area (TPSA) is 37.3 Å². The van der Waals surface area contributed by atoms with Gasteiger partial charge in [-0.05, 0) is 12.8 Å². The Bertz CT molecular complexity index is 157. The molecule has 0 amide bonds. The Hall–Kier alpha value is 0.520. The quantitative estimate of drug-likeness (QED) is 0.745. The summed E-state index contributed by atoms with van der Waals surface area (Å²) < 4.78 is 0.718. The van der Waals surface area contributed by atoms with Gasteiger partial charge >= 0.3 is 5.97 Å². The second-order valence-corrected chi connectivity index (χ2v) is 7.24. The first-order chi connectivity index (χ1) is 6.29. The highest BCUT2D eigenvalue weighted by atomic mass is 32.3. The number of hydrogen-bond donors (Lipinski definition) is 1. The third kappa shape index (κ3) is 5.75. The molecule has 0 unspecified atom stereocenters. The predicted molar refractivity (Wildman–Crippen MR) is 62.4 cm³/mol. The molecular weight excluding hydrogens is 224 g/mol. The van der Waals surface area contributed by atoms with Crippen molar-refractivity contribution in [3.8, 4) is 0 Å². The minimum Gasteiger partial charge on any atom is -0.481 e. The van der Waals surface area contributed by atoms with Gasteiger partial charge in [-0.2, -0.15) is 0 Å². The molecule has 1 aliphatic heterocycles. The van der Waals surface area contributed by atoms with Crippen molar-refractivity contribution >= 4 is 41.3 Å². The fraction of sp³-hybridized carbons (Fsp3) is 0.875. The van der Waals surface area contributed by atoms with Crippen LogP contribution in [0.1, 0.15) is 25.7 Å². The molecule has 0 aromatic heterocycles. The molecule has 0 atom stereocenters. The third-order valence-electron chi connectivity index (χ3n) is 1.76. The number of carboxylic acids is 1. The Morgan fingerprint density at radius 1 is 1.31 bits per heavy atom. The van der Waals surface area contributed by atoms with E-state index in [2.05, 4.69) is 0 Å². The van der Waals surface area contributed by atoms with Crippen molar-refractivity contribution in [3.63, 3.8) is 0 Å². The third-order valence-corrected chi connectivity index (χ3v) is 6.21. The zero-order valence-corrected chi connectivity index (χ0v) is 9.85. The Kier molecular flexibility index (Phi) is 6.15. The number of hydrogen-bond acceptors (Lipinski definition) is 4. The van der Waals surface area contributed by atoms with Crippen molar-refractivity contribution < 1.29 is 9.90 Å². The van der Waals surface area contributed by atoms with Gasteiger partial charge in [-0.25, -0.2) is 0 Å². The summed E-state index contributed by atoms with van der Waals surface area (Å²) in [6, 6.07) is 0. The molecule has 0 saturated carbocycles. The van der Waals surface area contributed by atoms with E-state index in [-0.39, 0.29) is 0 Å². The van der Waals surface area contributed by atoms with Crippen molar-refractivity contribution in [2.24, 2.45) is 0 Å². The van der Waals surface area contributed by atoms with E-state index >= 15 is 0 Å². The molecule has 1 fully saturated rings. The first-order valence-corrected chi connectivity index (χ1v) is 7.57. The zero-order valence-electron chi connectivity index (χ0n) is 7.40. The number of aliphatic carboxylic acids is 1. The van der Waals surface area contributed by atoms with Gasteiger partial charge in [0.25, 0.3) is 0 Å². The van der Waals surface area contributed by atoms with Crippen LogP contribution in [0.15, 0.2) is 0 Å². The van der Waals surface area contributed by atoms with E-state index in [1.807, 2.05) is 35.3 Å². The highest BCUT2D eigenvalue weighted by Gasteiger charge is 2.13. The molecular formula is C8H14O2S3. The van der Waals surface area contributed by atoms with Gasteiger partial charge in [0.2, 0.25) is 0 Å². The maximum atomic E-state index is 10.2. The van der Waals surface area contributed by atoms with Gasteiger partial charge < -0.3 is 5.11 Å². The smallest absolute Gasteiger partial charge is 0.303 e. The highest BCUT2D eigenvalue weighted by molar-refractivity contribution is 8.32.